The third-order valence-corrected chi connectivity index (χ3v) is 7.38. The van der Waals surface area contributed by atoms with Crippen molar-refractivity contribution < 1.29 is 24.0 Å². The zero-order valence-electron chi connectivity index (χ0n) is 23.0. The van der Waals surface area contributed by atoms with Gasteiger partial charge in [0.1, 0.15) is 6.54 Å². The van der Waals surface area contributed by atoms with E-state index in [9.17, 15) is 19.7 Å². The van der Waals surface area contributed by atoms with E-state index in [1.54, 1.807) is 24.0 Å². The number of aromatic amines is 1. The summed E-state index contributed by atoms with van der Waals surface area (Å²) in [4.78, 5) is 44.5. The molecule has 10 heteroatoms. The second-order valence-corrected chi connectivity index (χ2v) is 10.1. The second kappa shape index (κ2) is 12.1. The highest BCUT2D eigenvalue weighted by Gasteiger charge is 2.35. The molecule has 1 aliphatic carbocycles. The predicted octanol–water partition coefficient (Wildman–Crippen LogP) is 4.97. The Balaban J connectivity index is 1.37. The van der Waals surface area contributed by atoms with Gasteiger partial charge >= 0.3 is 0 Å². The number of aromatic nitrogens is 1. The molecule has 0 spiro atoms. The van der Waals surface area contributed by atoms with Crippen molar-refractivity contribution in [1.29, 1.82) is 0 Å². The van der Waals surface area contributed by atoms with Gasteiger partial charge in [-0.05, 0) is 60.7 Å². The van der Waals surface area contributed by atoms with Crippen molar-refractivity contribution in [2.75, 3.05) is 27.3 Å². The maximum Gasteiger partial charge on any atom is 0.269 e. The number of H-pyrrole nitrogens is 1. The highest BCUT2D eigenvalue weighted by molar-refractivity contribution is 5.97. The van der Waals surface area contributed by atoms with Gasteiger partial charge in [-0.15, -0.1) is 0 Å². The Hall–Kier alpha value is -4.86. The molecule has 0 atom stereocenters. The number of carbonyl (C=O) groups excluding carboxylic acids is 2. The van der Waals surface area contributed by atoms with Crippen molar-refractivity contribution in [2.45, 2.75) is 31.8 Å². The molecule has 10 nitrogen and oxygen atoms in total. The van der Waals surface area contributed by atoms with E-state index < -0.39 is 4.92 Å². The summed E-state index contributed by atoms with van der Waals surface area (Å²) >= 11 is 0. The number of methoxy groups -OCH3 is 2. The first kappa shape index (κ1) is 27.7. The van der Waals surface area contributed by atoms with Crippen molar-refractivity contribution >= 4 is 28.4 Å². The molecule has 0 radical (unpaired) electrons. The summed E-state index contributed by atoms with van der Waals surface area (Å²) in [5.74, 6) is 0.684. The van der Waals surface area contributed by atoms with Crippen molar-refractivity contribution in [3.63, 3.8) is 0 Å². The lowest BCUT2D eigenvalue weighted by Gasteiger charge is -2.28. The summed E-state index contributed by atoms with van der Waals surface area (Å²) in [5, 5.41) is 12.2. The average Bonchev–Trinajstić information content (AvgIpc) is 3.76. The van der Waals surface area contributed by atoms with Crippen LogP contribution in [-0.4, -0.2) is 64.9 Å². The minimum absolute atomic E-state index is 0.0295. The monoisotopic (exact) mass is 556 g/mol. The molecule has 1 N–H and O–H groups in total. The molecular formula is C31H32N4O6. The van der Waals surface area contributed by atoms with Crippen LogP contribution in [0.5, 0.6) is 11.5 Å². The fourth-order valence-corrected chi connectivity index (χ4v) is 4.98. The van der Waals surface area contributed by atoms with Gasteiger partial charge < -0.3 is 24.3 Å². The molecule has 1 aliphatic rings. The van der Waals surface area contributed by atoms with Crippen LogP contribution >= 0.6 is 0 Å². The molecule has 0 unspecified atom stereocenters. The number of nitro benzene ring substituents is 1. The lowest BCUT2D eigenvalue weighted by molar-refractivity contribution is -0.384. The summed E-state index contributed by atoms with van der Waals surface area (Å²) < 4.78 is 10.8. The van der Waals surface area contributed by atoms with Crippen LogP contribution < -0.4 is 9.47 Å². The zero-order chi connectivity index (χ0) is 28.9. The van der Waals surface area contributed by atoms with Crippen molar-refractivity contribution in [3.05, 3.63) is 99.7 Å². The molecule has 0 aliphatic heterocycles. The van der Waals surface area contributed by atoms with Crippen LogP contribution in [0.3, 0.4) is 0 Å². The van der Waals surface area contributed by atoms with Crippen LogP contribution in [0.25, 0.3) is 10.9 Å². The maximum atomic E-state index is 13.8. The van der Waals surface area contributed by atoms with Gasteiger partial charge in [0.2, 0.25) is 5.91 Å². The van der Waals surface area contributed by atoms with E-state index in [1.807, 2.05) is 42.6 Å². The quantitative estimate of drug-likeness (QED) is 0.194. The zero-order valence-corrected chi connectivity index (χ0v) is 23.0. The first-order chi connectivity index (χ1) is 19.9. The minimum atomic E-state index is -0.504. The summed E-state index contributed by atoms with van der Waals surface area (Å²) in [7, 11) is 3.14. The van der Waals surface area contributed by atoms with E-state index in [-0.39, 0.29) is 30.1 Å². The van der Waals surface area contributed by atoms with Gasteiger partial charge in [-0.2, -0.15) is 0 Å². The topological polar surface area (TPSA) is 118 Å². The SMILES string of the molecule is COc1ccc(CN(CCc2c[nH]c3ccccc23)C(=O)CN(C(=O)c2ccc([N+](=O)[O-])cc2)C2CC2)cc1OC. The van der Waals surface area contributed by atoms with E-state index in [0.29, 0.717) is 36.6 Å². The molecule has 1 heterocycles. The van der Waals surface area contributed by atoms with Crippen molar-refractivity contribution in [2.24, 2.45) is 0 Å². The number of hydrogen-bond donors (Lipinski definition) is 1. The third-order valence-electron chi connectivity index (χ3n) is 7.38. The van der Waals surface area contributed by atoms with Gasteiger partial charge in [-0.1, -0.05) is 24.3 Å². The van der Waals surface area contributed by atoms with Crippen LogP contribution in [-0.2, 0) is 17.8 Å². The van der Waals surface area contributed by atoms with E-state index in [2.05, 4.69) is 11.1 Å². The Morgan fingerprint density at radius 1 is 1.00 bits per heavy atom. The van der Waals surface area contributed by atoms with E-state index >= 15 is 0 Å². The number of nitro groups is 1. The summed E-state index contributed by atoms with van der Waals surface area (Å²) in [5.41, 5.74) is 3.24. The van der Waals surface area contributed by atoms with Crippen molar-refractivity contribution in [1.82, 2.24) is 14.8 Å². The molecule has 3 aromatic carbocycles. The molecule has 2 amide bonds. The van der Waals surface area contributed by atoms with Gasteiger partial charge in [0.25, 0.3) is 11.6 Å². The summed E-state index contributed by atoms with van der Waals surface area (Å²) in [6.07, 6.45) is 4.23. The first-order valence-electron chi connectivity index (χ1n) is 13.5. The number of non-ortho nitro benzene ring substituents is 1. The molecule has 5 rings (SSSR count). The van der Waals surface area contributed by atoms with Gasteiger partial charge in [-0.3, -0.25) is 19.7 Å². The lowest BCUT2D eigenvalue weighted by Crippen LogP contribution is -2.44. The van der Waals surface area contributed by atoms with Gasteiger partial charge in [0, 0.05) is 53.9 Å². The number of ether oxygens (including phenoxy) is 2. The fourth-order valence-electron chi connectivity index (χ4n) is 4.98. The van der Waals surface area contributed by atoms with Gasteiger partial charge in [0.15, 0.2) is 11.5 Å². The molecular weight excluding hydrogens is 524 g/mol. The van der Waals surface area contributed by atoms with E-state index in [0.717, 1.165) is 34.9 Å². The maximum absolute atomic E-state index is 13.8. The van der Waals surface area contributed by atoms with Crippen LogP contribution in [0.4, 0.5) is 5.69 Å². The Morgan fingerprint density at radius 3 is 2.41 bits per heavy atom. The lowest BCUT2D eigenvalue weighted by atomic mass is 10.1. The Kier molecular flexibility index (Phi) is 8.19. The average molecular weight is 557 g/mol. The molecule has 41 heavy (non-hydrogen) atoms. The molecule has 4 aromatic rings. The van der Waals surface area contributed by atoms with Crippen LogP contribution in [0.15, 0.2) is 72.9 Å². The number of para-hydroxylation sites is 1. The number of amides is 2. The molecule has 0 bridgehead atoms. The smallest absolute Gasteiger partial charge is 0.269 e. The van der Waals surface area contributed by atoms with Crippen molar-refractivity contribution in [3.8, 4) is 11.5 Å². The predicted molar refractivity (Wildman–Crippen MR) is 154 cm³/mol. The highest BCUT2D eigenvalue weighted by Crippen LogP contribution is 2.30. The Bertz CT molecular complexity index is 1560. The minimum Gasteiger partial charge on any atom is -0.493 e. The van der Waals surface area contributed by atoms with E-state index in [1.165, 1.54) is 24.3 Å². The van der Waals surface area contributed by atoms with Crippen LogP contribution in [0.1, 0.15) is 34.3 Å². The van der Waals surface area contributed by atoms with Crippen LogP contribution in [0.2, 0.25) is 0 Å². The molecule has 0 saturated heterocycles. The number of nitrogens with zero attached hydrogens (tertiary/aromatic N) is 3. The summed E-state index contributed by atoms with van der Waals surface area (Å²) in [6, 6.07) is 19.1. The molecule has 1 fully saturated rings. The van der Waals surface area contributed by atoms with E-state index in [4.69, 9.17) is 9.47 Å². The van der Waals surface area contributed by atoms with Gasteiger partial charge in [-0.25, -0.2) is 0 Å². The third kappa shape index (κ3) is 6.32. The second-order valence-electron chi connectivity index (χ2n) is 10.1. The largest absolute Gasteiger partial charge is 0.493 e. The normalized spacial score (nSPS) is 12.6. The van der Waals surface area contributed by atoms with Crippen LogP contribution in [0, 0.1) is 10.1 Å². The standard InChI is InChI=1S/C31H32N4O6/c1-40-28-14-7-21(17-29(28)41-2)19-33(16-15-23-18-32-27-6-4-3-5-26(23)27)30(36)20-34(24-12-13-24)31(37)22-8-10-25(11-9-22)35(38)39/h3-11,14,17-18,24,32H,12-13,15-16,19-20H2,1-2H3. The number of benzene rings is 3. The number of fused-ring (bicyclic) bond motifs is 1. The number of carbonyl (C=O) groups is 2. The number of rotatable bonds is 12. The molecule has 212 valence electrons. The Labute approximate surface area is 237 Å². The van der Waals surface area contributed by atoms with Gasteiger partial charge in [0.05, 0.1) is 19.1 Å². The number of nitrogens with one attached hydrogen (secondary N) is 1. The molecule has 1 aromatic heterocycles. The number of hydrogen-bond acceptors (Lipinski definition) is 6. The Morgan fingerprint density at radius 2 is 1.73 bits per heavy atom. The summed E-state index contributed by atoms with van der Waals surface area (Å²) in [6.45, 7) is 0.687. The highest BCUT2D eigenvalue weighted by atomic mass is 16.6. The fraction of sp³-hybridized carbons (Fsp3) is 0.290. The first-order valence-corrected chi connectivity index (χ1v) is 13.5. The molecule has 1 saturated carbocycles.